The number of rotatable bonds is 3. The van der Waals surface area contributed by atoms with Gasteiger partial charge in [-0.3, -0.25) is 4.79 Å². The maximum atomic E-state index is 12.9. The molecule has 1 atom stereocenters. The van der Waals surface area contributed by atoms with E-state index in [-0.39, 0.29) is 5.78 Å². The number of aliphatic hydroxyl groups is 1. The van der Waals surface area contributed by atoms with Gasteiger partial charge in [0.2, 0.25) is 0 Å². The molecule has 1 N–H and O–H groups in total. The molecule has 0 radical (unpaired) electrons. The summed E-state index contributed by atoms with van der Waals surface area (Å²) in [5.41, 5.74) is 4.27. The van der Waals surface area contributed by atoms with Gasteiger partial charge in [0, 0.05) is 5.56 Å². The number of hydrogen-bond acceptors (Lipinski definition) is 2. The summed E-state index contributed by atoms with van der Waals surface area (Å²) in [6, 6.07) is 23.1. The number of fused-ring (bicyclic) bond motifs is 3. The van der Waals surface area contributed by atoms with Gasteiger partial charge in [0.1, 0.15) is 5.60 Å². The van der Waals surface area contributed by atoms with Gasteiger partial charge in [-0.15, -0.1) is 0 Å². The molecule has 0 aromatic heterocycles. The summed E-state index contributed by atoms with van der Waals surface area (Å²) in [7, 11) is 0. The van der Waals surface area contributed by atoms with Crippen LogP contribution < -0.4 is 0 Å². The first-order chi connectivity index (χ1) is 11.6. The molecule has 2 heteroatoms. The fourth-order valence-electron chi connectivity index (χ4n) is 3.61. The van der Waals surface area contributed by atoms with Gasteiger partial charge in [0.05, 0.1) is 0 Å². The second kappa shape index (κ2) is 5.43. The Morgan fingerprint density at radius 1 is 0.875 bits per heavy atom. The third-order valence-electron chi connectivity index (χ3n) is 4.85. The van der Waals surface area contributed by atoms with E-state index in [0.717, 1.165) is 17.5 Å². The van der Waals surface area contributed by atoms with Gasteiger partial charge >= 0.3 is 0 Å². The quantitative estimate of drug-likeness (QED) is 0.571. The van der Waals surface area contributed by atoms with Crippen LogP contribution in [-0.4, -0.2) is 10.9 Å². The van der Waals surface area contributed by atoms with Crippen molar-refractivity contribution in [2.45, 2.75) is 18.9 Å². The van der Waals surface area contributed by atoms with Crippen LogP contribution in [0.4, 0.5) is 0 Å². The normalized spacial score (nSPS) is 14.6. The minimum Gasteiger partial charge on any atom is -0.377 e. The van der Waals surface area contributed by atoms with Gasteiger partial charge in [0.25, 0.3) is 0 Å². The fraction of sp³-hybridized carbons (Fsp3) is 0.136. The highest BCUT2D eigenvalue weighted by Crippen LogP contribution is 2.41. The number of hydrogen-bond donors (Lipinski definition) is 1. The zero-order valence-corrected chi connectivity index (χ0v) is 13.5. The molecule has 4 rings (SSSR count). The molecule has 1 unspecified atom stereocenters. The van der Waals surface area contributed by atoms with Crippen LogP contribution >= 0.6 is 0 Å². The molecule has 118 valence electrons. The third-order valence-corrected chi connectivity index (χ3v) is 4.85. The van der Waals surface area contributed by atoms with Crippen molar-refractivity contribution in [2.24, 2.45) is 0 Å². The van der Waals surface area contributed by atoms with Gasteiger partial charge in [-0.2, -0.15) is 0 Å². The van der Waals surface area contributed by atoms with Gasteiger partial charge in [-0.05, 0) is 41.2 Å². The van der Waals surface area contributed by atoms with E-state index in [1.807, 2.05) is 42.5 Å². The van der Waals surface area contributed by atoms with Crippen molar-refractivity contribution >= 4 is 5.78 Å². The number of carbonyl (C=O) groups excluding carboxylic acids is 1. The van der Waals surface area contributed by atoms with Crippen molar-refractivity contribution in [2.75, 3.05) is 0 Å². The summed E-state index contributed by atoms with van der Waals surface area (Å²) in [6.45, 7) is 1.60. The average Bonchev–Trinajstić information content (AvgIpc) is 3.00. The minimum absolute atomic E-state index is 0.271. The van der Waals surface area contributed by atoms with Crippen LogP contribution in [0.2, 0.25) is 0 Å². The zero-order valence-electron chi connectivity index (χ0n) is 13.5. The first-order valence-corrected chi connectivity index (χ1v) is 8.12. The summed E-state index contributed by atoms with van der Waals surface area (Å²) in [4.78, 5) is 12.9. The Kier molecular flexibility index (Phi) is 3.36. The lowest BCUT2D eigenvalue weighted by Gasteiger charge is -2.25. The van der Waals surface area contributed by atoms with Gasteiger partial charge in [-0.1, -0.05) is 72.8 Å². The van der Waals surface area contributed by atoms with E-state index < -0.39 is 5.60 Å². The zero-order chi connectivity index (χ0) is 16.7. The highest BCUT2D eigenvalue weighted by atomic mass is 16.3. The van der Waals surface area contributed by atoms with Crippen molar-refractivity contribution in [3.05, 3.63) is 95.1 Å². The molecule has 0 saturated carbocycles. The monoisotopic (exact) mass is 314 g/mol. The lowest BCUT2D eigenvalue weighted by molar-refractivity contribution is 0.0389. The standard InChI is InChI=1S/C22H18O2/c1-22(24,21(23)15-8-3-2-4-9-15)20-13-7-12-18-17-11-6-5-10-16(17)14-19(18)20/h2-13,24H,14H2,1H3. The summed E-state index contributed by atoms with van der Waals surface area (Å²) >= 11 is 0. The Balaban J connectivity index is 1.82. The molecular weight excluding hydrogens is 296 g/mol. The SMILES string of the molecule is CC(O)(C(=O)c1ccccc1)c1cccc2c1Cc1ccccc1-2. The highest BCUT2D eigenvalue weighted by Gasteiger charge is 2.37. The van der Waals surface area contributed by atoms with Crippen LogP contribution in [0.15, 0.2) is 72.8 Å². The minimum atomic E-state index is -1.55. The van der Waals surface area contributed by atoms with Gasteiger partial charge in [-0.25, -0.2) is 0 Å². The number of carbonyl (C=O) groups is 1. The van der Waals surface area contributed by atoms with E-state index in [1.165, 1.54) is 11.1 Å². The molecule has 0 fully saturated rings. The molecule has 24 heavy (non-hydrogen) atoms. The average molecular weight is 314 g/mol. The van der Waals surface area contributed by atoms with Crippen LogP contribution in [0.1, 0.15) is 34.0 Å². The molecule has 3 aromatic rings. The van der Waals surface area contributed by atoms with Crippen LogP contribution in [0.25, 0.3) is 11.1 Å². The largest absolute Gasteiger partial charge is 0.377 e. The maximum Gasteiger partial charge on any atom is 0.198 e. The Morgan fingerprint density at radius 2 is 1.54 bits per heavy atom. The molecular formula is C22H18O2. The van der Waals surface area contributed by atoms with Crippen molar-refractivity contribution in [1.82, 2.24) is 0 Å². The molecule has 0 aliphatic heterocycles. The lowest BCUT2D eigenvalue weighted by atomic mass is 9.83. The van der Waals surface area contributed by atoms with Crippen LogP contribution in [0.3, 0.4) is 0 Å². The Bertz CT molecular complexity index is 924. The molecule has 3 aromatic carbocycles. The predicted molar refractivity (Wildman–Crippen MR) is 95.0 cm³/mol. The maximum absolute atomic E-state index is 12.9. The molecule has 0 spiro atoms. The topological polar surface area (TPSA) is 37.3 Å². The summed E-state index contributed by atoms with van der Waals surface area (Å²) in [5, 5.41) is 11.1. The lowest BCUT2D eigenvalue weighted by Crippen LogP contribution is -2.33. The molecule has 0 heterocycles. The van der Waals surface area contributed by atoms with Crippen LogP contribution in [0, 0.1) is 0 Å². The number of Topliss-reactive ketones (excluding diaryl/α,β-unsaturated/α-hetero) is 1. The molecule has 1 aliphatic rings. The molecule has 0 bridgehead atoms. The van der Waals surface area contributed by atoms with E-state index >= 15 is 0 Å². The van der Waals surface area contributed by atoms with E-state index in [4.69, 9.17) is 0 Å². The van der Waals surface area contributed by atoms with Crippen LogP contribution in [0.5, 0.6) is 0 Å². The van der Waals surface area contributed by atoms with E-state index in [0.29, 0.717) is 11.1 Å². The van der Waals surface area contributed by atoms with Crippen molar-refractivity contribution in [3.8, 4) is 11.1 Å². The van der Waals surface area contributed by atoms with Gasteiger partial charge in [0.15, 0.2) is 5.78 Å². The Morgan fingerprint density at radius 3 is 2.33 bits per heavy atom. The van der Waals surface area contributed by atoms with E-state index in [2.05, 4.69) is 18.2 Å². The predicted octanol–water partition coefficient (Wildman–Crippen LogP) is 4.35. The summed E-state index contributed by atoms with van der Waals surface area (Å²) < 4.78 is 0. The second-order valence-electron chi connectivity index (χ2n) is 6.43. The molecule has 0 amide bonds. The summed E-state index contributed by atoms with van der Waals surface area (Å²) in [6.07, 6.45) is 0.750. The number of benzene rings is 3. The molecule has 2 nitrogen and oxygen atoms in total. The molecule has 0 saturated heterocycles. The first kappa shape index (κ1) is 14.9. The van der Waals surface area contributed by atoms with Crippen molar-refractivity contribution in [3.63, 3.8) is 0 Å². The third kappa shape index (κ3) is 2.19. The van der Waals surface area contributed by atoms with Crippen molar-refractivity contribution < 1.29 is 9.90 Å². The smallest absolute Gasteiger partial charge is 0.198 e. The number of ketones is 1. The Hall–Kier alpha value is -2.71. The second-order valence-corrected chi connectivity index (χ2v) is 6.43. The first-order valence-electron chi connectivity index (χ1n) is 8.12. The Labute approximate surface area is 141 Å². The highest BCUT2D eigenvalue weighted by molar-refractivity contribution is 6.03. The van der Waals surface area contributed by atoms with E-state index in [1.54, 1.807) is 19.1 Å². The van der Waals surface area contributed by atoms with Gasteiger partial charge < -0.3 is 5.11 Å². The summed E-state index contributed by atoms with van der Waals surface area (Å²) in [5.74, 6) is -0.271. The molecule has 1 aliphatic carbocycles. The van der Waals surface area contributed by atoms with Crippen molar-refractivity contribution in [1.29, 1.82) is 0 Å². The van der Waals surface area contributed by atoms with E-state index in [9.17, 15) is 9.90 Å². The fourth-order valence-corrected chi connectivity index (χ4v) is 3.61. The van der Waals surface area contributed by atoms with Crippen LogP contribution in [-0.2, 0) is 12.0 Å².